The van der Waals surface area contributed by atoms with Crippen molar-refractivity contribution in [3.63, 3.8) is 0 Å². The molecule has 1 amide bonds. The molecule has 0 aliphatic heterocycles. The molecule has 1 fully saturated rings. The Bertz CT molecular complexity index is 721. The van der Waals surface area contributed by atoms with E-state index in [0.717, 1.165) is 24.2 Å². The smallest absolute Gasteiger partial charge is 0.227 e. The number of aromatic nitrogens is 2. The summed E-state index contributed by atoms with van der Waals surface area (Å²) in [6.45, 7) is 4.98. The molecule has 1 N–H and O–H groups in total. The average Bonchev–Trinajstić information content (AvgIpc) is 3.33. The van der Waals surface area contributed by atoms with Gasteiger partial charge in [-0.3, -0.25) is 9.48 Å². The summed E-state index contributed by atoms with van der Waals surface area (Å²) in [5.41, 5.74) is 3.07. The quantitative estimate of drug-likeness (QED) is 0.794. The van der Waals surface area contributed by atoms with Gasteiger partial charge in [0.05, 0.1) is 17.6 Å². The van der Waals surface area contributed by atoms with Crippen LogP contribution in [0.2, 0.25) is 5.02 Å². The van der Waals surface area contributed by atoms with Crippen LogP contribution in [0.3, 0.4) is 0 Å². The maximum Gasteiger partial charge on any atom is 0.227 e. The number of nitrogens with one attached hydrogen (secondary N) is 1. The number of aryl methyl sites for hydroxylation is 1. The molecule has 1 saturated carbocycles. The van der Waals surface area contributed by atoms with Crippen molar-refractivity contribution in [3.05, 3.63) is 46.7 Å². The average molecular weight is 346 g/mol. The fourth-order valence-corrected chi connectivity index (χ4v) is 3.22. The SMILES string of the molecule is CCCn1ncc(NC(=O)C(C)Cc2ccccc2Cl)c1C1CC1. The summed E-state index contributed by atoms with van der Waals surface area (Å²) >= 11 is 6.20. The minimum Gasteiger partial charge on any atom is -0.323 e. The van der Waals surface area contributed by atoms with E-state index in [-0.39, 0.29) is 11.8 Å². The van der Waals surface area contributed by atoms with Gasteiger partial charge in [-0.25, -0.2) is 0 Å². The standard InChI is InChI=1S/C19H24ClN3O/c1-3-10-23-18(14-8-9-14)17(12-21-23)22-19(24)13(2)11-15-6-4-5-7-16(15)20/h4-7,12-14H,3,8-11H2,1-2H3,(H,22,24). The van der Waals surface area contributed by atoms with Gasteiger partial charge in [-0.2, -0.15) is 5.10 Å². The van der Waals surface area contributed by atoms with Crippen LogP contribution in [0, 0.1) is 5.92 Å². The molecule has 0 spiro atoms. The Labute approximate surface area is 148 Å². The van der Waals surface area contributed by atoms with E-state index in [2.05, 4.69) is 17.3 Å². The molecule has 2 aromatic rings. The van der Waals surface area contributed by atoms with Crippen LogP contribution in [0.1, 0.15) is 50.3 Å². The minimum absolute atomic E-state index is 0.0212. The number of benzene rings is 1. The molecular weight excluding hydrogens is 322 g/mol. The number of carbonyl (C=O) groups excluding carboxylic acids is 1. The van der Waals surface area contributed by atoms with Crippen LogP contribution in [0.15, 0.2) is 30.5 Å². The van der Waals surface area contributed by atoms with Crippen LogP contribution in [-0.4, -0.2) is 15.7 Å². The van der Waals surface area contributed by atoms with Crippen molar-refractivity contribution in [2.45, 2.75) is 52.0 Å². The van der Waals surface area contributed by atoms with Gasteiger partial charge in [0.15, 0.2) is 0 Å². The summed E-state index contributed by atoms with van der Waals surface area (Å²) in [6, 6.07) is 7.69. The zero-order valence-electron chi connectivity index (χ0n) is 14.3. The molecular formula is C19H24ClN3O. The third kappa shape index (κ3) is 3.81. The minimum atomic E-state index is -0.147. The fraction of sp³-hybridized carbons (Fsp3) is 0.474. The van der Waals surface area contributed by atoms with Gasteiger partial charge in [-0.05, 0) is 37.3 Å². The number of carbonyl (C=O) groups is 1. The van der Waals surface area contributed by atoms with E-state index >= 15 is 0 Å². The fourth-order valence-electron chi connectivity index (χ4n) is 3.01. The van der Waals surface area contributed by atoms with Gasteiger partial charge < -0.3 is 5.32 Å². The number of hydrogen-bond donors (Lipinski definition) is 1. The Morgan fingerprint density at radius 3 is 2.83 bits per heavy atom. The Balaban J connectivity index is 1.69. The molecule has 0 bridgehead atoms. The molecule has 24 heavy (non-hydrogen) atoms. The van der Waals surface area contributed by atoms with Crippen LogP contribution < -0.4 is 5.32 Å². The van der Waals surface area contributed by atoms with Gasteiger partial charge in [0, 0.05) is 23.4 Å². The van der Waals surface area contributed by atoms with Gasteiger partial charge in [0.1, 0.15) is 0 Å². The molecule has 1 aliphatic carbocycles. The van der Waals surface area contributed by atoms with Crippen LogP contribution in [-0.2, 0) is 17.8 Å². The van der Waals surface area contributed by atoms with Crippen LogP contribution in [0.5, 0.6) is 0 Å². The van der Waals surface area contributed by atoms with Crippen LogP contribution in [0.4, 0.5) is 5.69 Å². The number of anilines is 1. The van der Waals surface area contributed by atoms with E-state index in [4.69, 9.17) is 11.6 Å². The van der Waals surface area contributed by atoms with Crippen LogP contribution in [0.25, 0.3) is 0 Å². The number of halogens is 1. The van der Waals surface area contributed by atoms with Gasteiger partial charge in [0.2, 0.25) is 5.91 Å². The highest BCUT2D eigenvalue weighted by atomic mass is 35.5. The molecule has 5 heteroatoms. The van der Waals surface area contributed by atoms with E-state index < -0.39 is 0 Å². The molecule has 1 aliphatic rings. The highest BCUT2D eigenvalue weighted by molar-refractivity contribution is 6.31. The van der Waals surface area contributed by atoms with Gasteiger partial charge >= 0.3 is 0 Å². The Hall–Kier alpha value is -1.81. The van der Waals surface area contributed by atoms with Crippen molar-refractivity contribution in [2.24, 2.45) is 5.92 Å². The molecule has 4 nitrogen and oxygen atoms in total. The lowest BCUT2D eigenvalue weighted by molar-refractivity contribution is -0.119. The summed E-state index contributed by atoms with van der Waals surface area (Å²) in [7, 11) is 0. The van der Waals surface area contributed by atoms with E-state index in [9.17, 15) is 4.79 Å². The Kier molecular flexibility index (Phi) is 5.24. The summed E-state index contributed by atoms with van der Waals surface area (Å²) in [5, 5.41) is 8.26. The Morgan fingerprint density at radius 2 is 2.17 bits per heavy atom. The summed E-state index contributed by atoms with van der Waals surface area (Å²) in [6.07, 6.45) is 5.84. The Morgan fingerprint density at radius 1 is 1.42 bits per heavy atom. The number of nitrogens with zero attached hydrogens (tertiary/aromatic N) is 2. The normalized spacial score (nSPS) is 15.3. The number of hydrogen-bond acceptors (Lipinski definition) is 2. The van der Waals surface area contributed by atoms with Crippen molar-refractivity contribution in [2.75, 3.05) is 5.32 Å². The van der Waals surface area contributed by atoms with E-state index in [0.29, 0.717) is 17.4 Å². The molecule has 1 unspecified atom stereocenters. The van der Waals surface area contributed by atoms with Gasteiger partial charge in [-0.1, -0.05) is 43.6 Å². The van der Waals surface area contributed by atoms with E-state index in [1.807, 2.05) is 35.9 Å². The second kappa shape index (κ2) is 7.39. The molecule has 1 aromatic heterocycles. The topological polar surface area (TPSA) is 46.9 Å². The molecule has 128 valence electrons. The lowest BCUT2D eigenvalue weighted by atomic mass is 10.00. The van der Waals surface area contributed by atoms with Crippen molar-refractivity contribution < 1.29 is 4.79 Å². The molecule has 0 saturated heterocycles. The first-order valence-corrected chi connectivity index (χ1v) is 9.08. The van der Waals surface area contributed by atoms with Gasteiger partial charge in [-0.15, -0.1) is 0 Å². The maximum atomic E-state index is 12.6. The first kappa shape index (κ1) is 17.0. The second-order valence-corrected chi connectivity index (χ2v) is 7.03. The zero-order valence-corrected chi connectivity index (χ0v) is 15.0. The molecule has 1 aromatic carbocycles. The highest BCUT2D eigenvalue weighted by Crippen LogP contribution is 2.43. The predicted molar refractivity (Wildman–Crippen MR) is 97.4 cm³/mol. The predicted octanol–water partition coefficient (Wildman–Crippen LogP) is 4.64. The summed E-state index contributed by atoms with van der Waals surface area (Å²) in [4.78, 5) is 12.6. The summed E-state index contributed by atoms with van der Waals surface area (Å²) < 4.78 is 2.05. The molecule has 0 radical (unpaired) electrons. The van der Waals surface area contributed by atoms with Crippen molar-refractivity contribution in [3.8, 4) is 0 Å². The molecule has 3 rings (SSSR count). The van der Waals surface area contributed by atoms with Crippen molar-refractivity contribution in [1.82, 2.24) is 9.78 Å². The second-order valence-electron chi connectivity index (χ2n) is 6.63. The van der Waals surface area contributed by atoms with E-state index in [1.165, 1.54) is 18.5 Å². The number of rotatable bonds is 7. The number of amides is 1. The van der Waals surface area contributed by atoms with Crippen molar-refractivity contribution in [1.29, 1.82) is 0 Å². The monoisotopic (exact) mass is 345 g/mol. The first-order valence-electron chi connectivity index (χ1n) is 8.70. The highest BCUT2D eigenvalue weighted by Gasteiger charge is 2.31. The largest absolute Gasteiger partial charge is 0.323 e. The lowest BCUT2D eigenvalue weighted by Gasteiger charge is -2.14. The van der Waals surface area contributed by atoms with Crippen molar-refractivity contribution >= 4 is 23.2 Å². The molecule has 1 heterocycles. The van der Waals surface area contributed by atoms with Gasteiger partial charge in [0.25, 0.3) is 0 Å². The maximum absolute atomic E-state index is 12.6. The lowest BCUT2D eigenvalue weighted by Crippen LogP contribution is -2.22. The van der Waals surface area contributed by atoms with Crippen LogP contribution >= 0.6 is 11.6 Å². The molecule has 1 atom stereocenters. The van der Waals surface area contributed by atoms with E-state index in [1.54, 1.807) is 6.20 Å². The third-order valence-corrected chi connectivity index (χ3v) is 4.84. The first-order chi connectivity index (χ1) is 11.6. The summed E-state index contributed by atoms with van der Waals surface area (Å²) in [5.74, 6) is 0.424. The third-order valence-electron chi connectivity index (χ3n) is 4.47. The zero-order chi connectivity index (χ0) is 17.1.